The van der Waals surface area contributed by atoms with E-state index >= 15 is 0 Å². The first-order chi connectivity index (χ1) is 7.68. The Kier molecular flexibility index (Phi) is 3.49. The van der Waals surface area contributed by atoms with E-state index in [1.807, 2.05) is 17.0 Å². The Balaban J connectivity index is 2.17. The number of nitrogens with zero attached hydrogens (tertiary/aromatic N) is 1. The van der Waals surface area contributed by atoms with Crippen LogP contribution in [-0.4, -0.2) is 23.4 Å². The molecule has 1 amide bonds. The SMILES string of the molecule is C[C@@H]1CCCCN1C(=O)c1cccc(Cl)c1. The lowest BCUT2D eigenvalue weighted by Gasteiger charge is -2.33. The van der Waals surface area contributed by atoms with Gasteiger partial charge in [0.15, 0.2) is 0 Å². The molecule has 1 aromatic rings. The molecule has 1 aliphatic rings. The zero-order chi connectivity index (χ0) is 11.5. The number of halogens is 1. The van der Waals surface area contributed by atoms with Crippen LogP contribution >= 0.6 is 11.6 Å². The molecule has 86 valence electrons. The lowest BCUT2D eigenvalue weighted by molar-refractivity contribution is 0.0635. The van der Waals surface area contributed by atoms with E-state index in [1.54, 1.807) is 12.1 Å². The van der Waals surface area contributed by atoms with E-state index < -0.39 is 0 Å². The predicted molar refractivity (Wildman–Crippen MR) is 65.8 cm³/mol. The van der Waals surface area contributed by atoms with Gasteiger partial charge in [-0.25, -0.2) is 0 Å². The Morgan fingerprint density at radius 2 is 2.25 bits per heavy atom. The molecule has 2 rings (SSSR count). The molecule has 0 radical (unpaired) electrons. The fourth-order valence-corrected chi connectivity index (χ4v) is 2.38. The highest BCUT2D eigenvalue weighted by Gasteiger charge is 2.23. The maximum Gasteiger partial charge on any atom is 0.254 e. The highest BCUT2D eigenvalue weighted by molar-refractivity contribution is 6.30. The van der Waals surface area contributed by atoms with Gasteiger partial charge in [0.2, 0.25) is 0 Å². The molecular formula is C13H16ClNO. The second kappa shape index (κ2) is 4.88. The predicted octanol–water partition coefficient (Wildman–Crippen LogP) is 3.35. The highest BCUT2D eigenvalue weighted by atomic mass is 35.5. The van der Waals surface area contributed by atoms with Crippen molar-refractivity contribution in [3.05, 3.63) is 34.9 Å². The van der Waals surface area contributed by atoms with Crippen molar-refractivity contribution in [2.24, 2.45) is 0 Å². The Bertz CT molecular complexity index is 391. The van der Waals surface area contributed by atoms with Crippen LogP contribution in [0.2, 0.25) is 5.02 Å². The lowest BCUT2D eigenvalue weighted by atomic mass is 10.0. The molecule has 1 heterocycles. The third-order valence-corrected chi connectivity index (χ3v) is 3.37. The Morgan fingerprint density at radius 3 is 2.94 bits per heavy atom. The summed E-state index contributed by atoms with van der Waals surface area (Å²) in [5.41, 5.74) is 0.696. The number of hydrogen-bond donors (Lipinski definition) is 0. The second-order valence-corrected chi connectivity index (χ2v) is 4.79. The van der Waals surface area contributed by atoms with Gasteiger partial charge in [-0.1, -0.05) is 17.7 Å². The minimum Gasteiger partial charge on any atom is -0.336 e. The van der Waals surface area contributed by atoms with Crippen molar-refractivity contribution >= 4 is 17.5 Å². The van der Waals surface area contributed by atoms with Gasteiger partial charge in [-0.05, 0) is 44.4 Å². The van der Waals surface area contributed by atoms with Gasteiger partial charge >= 0.3 is 0 Å². The highest BCUT2D eigenvalue weighted by Crippen LogP contribution is 2.20. The van der Waals surface area contributed by atoms with Crippen molar-refractivity contribution in [2.75, 3.05) is 6.54 Å². The van der Waals surface area contributed by atoms with Crippen molar-refractivity contribution in [1.29, 1.82) is 0 Å². The fourth-order valence-electron chi connectivity index (χ4n) is 2.19. The standard InChI is InChI=1S/C13H16ClNO/c1-10-5-2-3-8-15(10)13(16)11-6-4-7-12(14)9-11/h4,6-7,9-10H,2-3,5,8H2,1H3/t10-/m1/s1. The average molecular weight is 238 g/mol. The zero-order valence-corrected chi connectivity index (χ0v) is 10.2. The van der Waals surface area contributed by atoms with Crippen molar-refractivity contribution in [1.82, 2.24) is 4.90 Å². The largest absolute Gasteiger partial charge is 0.336 e. The van der Waals surface area contributed by atoms with E-state index in [0.717, 1.165) is 19.4 Å². The first-order valence-electron chi connectivity index (χ1n) is 5.75. The van der Waals surface area contributed by atoms with E-state index in [1.165, 1.54) is 6.42 Å². The summed E-state index contributed by atoms with van der Waals surface area (Å²) in [6, 6.07) is 7.53. The molecule has 0 aliphatic carbocycles. The lowest BCUT2D eigenvalue weighted by Crippen LogP contribution is -2.42. The molecule has 1 aromatic carbocycles. The molecule has 1 fully saturated rings. The van der Waals surface area contributed by atoms with Gasteiger partial charge in [0.1, 0.15) is 0 Å². The zero-order valence-electron chi connectivity index (χ0n) is 9.45. The van der Waals surface area contributed by atoms with Gasteiger partial charge in [0.25, 0.3) is 5.91 Å². The fraction of sp³-hybridized carbons (Fsp3) is 0.462. The van der Waals surface area contributed by atoms with Crippen LogP contribution < -0.4 is 0 Å². The third-order valence-electron chi connectivity index (χ3n) is 3.14. The summed E-state index contributed by atoms with van der Waals surface area (Å²) in [6.45, 7) is 2.98. The number of hydrogen-bond acceptors (Lipinski definition) is 1. The molecule has 16 heavy (non-hydrogen) atoms. The molecule has 0 saturated carbocycles. The van der Waals surface area contributed by atoms with Crippen LogP contribution in [0.5, 0.6) is 0 Å². The molecular weight excluding hydrogens is 222 g/mol. The smallest absolute Gasteiger partial charge is 0.254 e. The van der Waals surface area contributed by atoms with Crippen LogP contribution in [0.25, 0.3) is 0 Å². The molecule has 3 heteroatoms. The van der Waals surface area contributed by atoms with Crippen molar-refractivity contribution in [3.63, 3.8) is 0 Å². The molecule has 1 saturated heterocycles. The number of piperidine rings is 1. The summed E-state index contributed by atoms with van der Waals surface area (Å²) >= 11 is 5.89. The van der Waals surface area contributed by atoms with E-state index in [4.69, 9.17) is 11.6 Å². The summed E-state index contributed by atoms with van der Waals surface area (Å²) < 4.78 is 0. The Labute approximate surface area is 101 Å². The molecule has 0 bridgehead atoms. The molecule has 0 N–H and O–H groups in total. The summed E-state index contributed by atoms with van der Waals surface area (Å²) in [5, 5.41) is 0.621. The normalized spacial score (nSPS) is 20.9. The van der Waals surface area contributed by atoms with E-state index in [-0.39, 0.29) is 5.91 Å². The molecule has 0 unspecified atom stereocenters. The van der Waals surface area contributed by atoms with E-state index in [2.05, 4.69) is 6.92 Å². The third kappa shape index (κ3) is 2.38. The minimum absolute atomic E-state index is 0.106. The van der Waals surface area contributed by atoms with E-state index in [0.29, 0.717) is 16.6 Å². The van der Waals surface area contributed by atoms with Crippen molar-refractivity contribution < 1.29 is 4.79 Å². The first-order valence-corrected chi connectivity index (χ1v) is 6.13. The van der Waals surface area contributed by atoms with Gasteiger partial charge < -0.3 is 4.90 Å². The van der Waals surface area contributed by atoms with Gasteiger partial charge in [-0.15, -0.1) is 0 Å². The quantitative estimate of drug-likeness (QED) is 0.734. The topological polar surface area (TPSA) is 20.3 Å². The minimum atomic E-state index is 0.106. The average Bonchev–Trinajstić information content (AvgIpc) is 2.29. The van der Waals surface area contributed by atoms with Crippen LogP contribution in [0.15, 0.2) is 24.3 Å². The Hall–Kier alpha value is -1.02. The van der Waals surface area contributed by atoms with E-state index in [9.17, 15) is 4.79 Å². The number of benzene rings is 1. The number of rotatable bonds is 1. The van der Waals surface area contributed by atoms with Crippen LogP contribution in [0.1, 0.15) is 36.5 Å². The molecule has 0 aromatic heterocycles. The Morgan fingerprint density at radius 1 is 1.44 bits per heavy atom. The van der Waals surface area contributed by atoms with Gasteiger partial charge in [-0.2, -0.15) is 0 Å². The van der Waals surface area contributed by atoms with Crippen LogP contribution in [0.3, 0.4) is 0 Å². The summed E-state index contributed by atoms with van der Waals surface area (Å²) in [5.74, 6) is 0.106. The van der Waals surface area contributed by atoms with Crippen molar-refractivity contribution in [3.8, 4) is 0 Å². The maximum atomic E-state index is 12.2. The second-order valence-electron chi connectivity index (χ2n) is 4.35. The number of likely N-dealkylation sites (tertiary alicyclic amines) is 1. The maximum absolute atomic E-state index is 12.2. The number of carbonyl (C=O) groups excluding carboxylic acids is 1. The van der Waals surface area contributed by atoms with Crippen LogP contribution in [0.4, 0.5) is 0 Å². The summed E-state index contributed by atoms with van der Waals surface area (Å²) in [4.78, 5) is 14.2. The molecule has 2 nitrogen and oxygen atoms in total. The van der Waals surface area contributed by atoms with Crippen LogP contribution in [0, 0.1) is 0 Å². The molecule has 0 spiro atoms. The number of amides is 1. The monoisotopic (exact) mass is 237 g/mol. The summed E-state index contributed by atoms with van der Waals surface area (Å²) in [7, 11) is 0. The number of carbonyl (C=O) groups is 1. The summed E-state index contributed by atoms with van der Waals surface area (Å²) in [6.07, 6.45) is 3.43. The molecule has 1 aliphatic heterocycles. The van der Waals surface area contributed by atoms with Crippen molar-refractivity contribution in [2.45, 2.75) is 32.2 Å². The van der Waals surface area contributed by atoms with Crippen LogP contribution in [-0.2, 0) is 0 Å². The van der Waals surface area contributed by atoms with Gasteiger partial charge in [0.05, 0.1) is 0 Å². The molecule has 1 atom stereocenters. The first kappa shape index (κ1) is 11.5. The van der Waals surface area contributed by atoms with Gasteiger partial charge in [-0.3, -0.25) is 4.79 Å². The van der Waals surface area contributed by atoms with Gasteiger partial charge in [0, 0.05) is 23.2 Å².